The Labute approximate surface area is 73.9 Å². The van der Waals surface area contributed by atoms with Crippen LogP contribution in [-0.4, -0.2) is 0 Å². The third-order valence-corrected chi connectivity index (χ3v) is 2.25. The SMILES string of the molecule is C=CCc1c(N)ccc(C)c1C. The normalized spacial score (nSPS) is 9.83. The van der Waals surface area contributed by atoms with E-state index in [0.717, 1.165) is 12.1 Å². The second-order valence-electron chi connectivity index (χ2n) is 3.07. The second-order valence-corrected chi connectivity index (χ2v) is 3.07. The van der Waals surface area contributed by atoms with Crippen LogP contribution in [-0.2, 0) is 6.42 Å². The van der Waals surface area contributed by atoms with Gasteiger partial charge in [-0.3, -0.25) is 0 Å². The zero-order valence-electron chi connectivity index (χ0n) is 7.72. The van der Waals surface area contributed by atoms with Gasteiger partial charge in [-0.05, 0) is 43.0 Å². The highest BCUT2D eigenvalue weighted by molar-refractivity contribution is 5.53. The van der Waals surface area contributed by atoms with Crippen LogP contribution in [0.2, 0.25) is 0 Å². The van der Waals surface area contributed by atoms with Gasteiger partial charge in [-0.2, -0.15) is 0 Å². The van der Waals surface area contributed by atoms with Crippen molar-refractivity contribution in [3.8, 4) is 0 Å². The van der Waals surface area contributed by atoms with Crippen molar-refractivity contribution in [3.63, 3.8) is 0 Å². The van der Waals surface area contributed by atoms with Crippen molar-refractivity contribution < 1.29 is 0 Å². The molecule has 0 aliphatic carbocycles. The fourth-order valence-electron chi connectivity index (χ4n) is 1.31. The molecule has 0 spiro atoms. The van der Waals surface area contributed by atoms with Crippen LogP contribution in [0.25, 0.3) is 0 Å². The molecule has 0 unspecified atom stereocenters. The van der Waals surface area contributed by atoms with Crippen LogP contribution in [0.3, 0.4) is 0 Å². The number of nitrogens with two attached hydrogens (primary N) is 1. The van der Waals surface area contributed by atoms with E-state index < -0.39 is 0 Å². The highest BCUT2D eigenvalue weighted by atomic mass is 14.6. The first-order chi connectivity index (χ1) is 5.66. The highest BCUT2D eigenvalue weighted by Gasteiger charge is 2.02. The summed E-state index contributed by atoms with van der Waals surface area (Å²) in [5, 5.41) is 0. The van der Waals surface area contributed by atoms with Gasteiger partial charge in [-0.15, -0.1) is 6.58 Å². The van der Waals surface area contributed by atoms with E-state index in [1.165, 1.54) is 16.7 Å². The largest absolute Gasteiger partial charge is 0.398 e. The Morgan fingerprint density at radius 2 is 2.08 bits per heavy atom. The van der Waals surface area contributed by atoms with Gasteiger partial charge in [0.1, 0.15) is 0 Å². The fourth-order valence-corrected chi connectivity index (χ4v) is 1.31. The average Bonchev–Trinajstić information content (AvgIpc) is 2.06. The van der Waals surface area contributed by atoms with Crippen LogP contribution < -0.4 is 5.73 Å². The molecule has 0 amide bonds. The van der Waals surface area contributed by atoms with Crippen molar-refractivity contribution in [2.75, 3.05) is 5.73 Å². The molecule has 0 atom stereocenters. The number of hydrogen-bond acceptors (Lipinski definition) is 1. The molecule has 1 rings (SSSR count). The molecule has 0 heterocycles. The Morgan fingerprint density at radius 1 is 1.42 bits per heavy atom. The third kappa shape index (κ3) is 1.50. The Kier molecular flexibility index (Phi) is 2.54. The standard InChI is InChI=1S/C11H15N/c1-4-5-10-9(3)8(2)6-7-11(10)12/h4,6-7H,1,5,12H2,2-3H3. The lowest BCUT2D eigenvalue weighted by Gasteiger charge is -2.09. The van der Waals surface area contributed by atoms with Crippen LogP contribution in [0.4, 0.5) is 5.69 Å². The fraction of sp³-hybridized carbons (Fsp3) is 0.273. The Hall–Kier alpha value is -1.24. The summed E-state index contributed by atoms with van der Waals surface area (Å²) in [5.41, 5.74) is 10.5. The zero-order chi connectivity index (χ0) is 9.14. The highest BCUT2D eigenvalue weighted by Crippen LogP contribution is 2.20. The monoisotopic (exact) mass is 161 g/mol. The molecule has 0 aliphatic heterocycles. The molecule has 1 heteroatoms. The van der Waals surface area contributed by atoms with Crippen molar-refractivity contribution in [1.29, 1.82) is 0 Å². The van der Waals surface area contributed by atoms with Gasteiger partial charge in [0, 0.05) is 5.69 Å². The lowest BCUT2D eigenvalue weighted by atomic mass is 9.99. The van der Waals surface area contributed by atoms with E-state index in [-0.39, 0.29) is 0 Å². The number of hydrogen-bond donors (Lipinski definition) is 1. The lowest BCUT2D eigenvalue weighted by Crippen LogP contribution is -1.97. The van der Waals surface area contributed by atoms with E-state index in [1.807, 2.05) is 12.1 Å². The molecule has 0 saturated heterocycles. The quantitative estimate of drug-likeness (QED) is 0.523. The molecule has 2 N–H and O–H groups in total. The molecule has 12 heavy (non-hydrogen) atoms. The molecule has 0 saturated carbocycles. The summed E-state index contributed by atoms with van der Waals surface area (Å²) < 4.78 is 0. The van der Waals surface area contributed by atoms with Crippen LogP contribution in [0.5, 0.6) is 0 Å². The van der Waals surface area contributed by atoms with E-state index in [2.05, 4.69) is 26.5 Å². The summed E-state index contributed by atoms with van der Waals surface area (Å²) in [5.74, 6) is 0. The van der Waals surface area contributed by atoms with E-state index in [4.69, 9.17) is 5.73 Å². The Balaban J connectivity index is 3.22. The minimum Gasteiger partial charge on any atom is -0.398 e. The third-order valence-electron chi connectivity index (χ3n) is 2.25. The zero-order valence-corrected chi connectivity index (χ0v) is 7.72. The number of anilines is 1. The number of rotatable bonds is 2. The maximum atomic E-state index is 5.83. The lowest BCUT2D eigenvalue weighted by molar-refractivity contribution is 1.19. The first-order valence-corrected chi connectivity index (χ1v) is 4.12. The Bertz CT molecular complexity index is 300. The van der Waals surface area contributed by atoms with Gasteiger partial charge in [0.2, 0.25) is 0 Å². The van der Waals surface area contributed by atoms with Gasteiger partial charge < -0.3 is 5.73 Å². The molecule has 0 aliphatic rings. The summed E-state index contributed by atoms with van der Waals surface area (Å²) in [6.45, 7) is 7.91. The van der Waals surface area contributed by atoms with E-state index in [0.29, 0.717) is 0 Å². The average molecular weight is 161 g/mol. The van der Waals surface area contributed by atoms with Gasteiger partial charge in [0.25, 0.3) is 0 Å². The summed E-state index contributed by atoms with van der Waals surface area (Å²) in [6.07, 6.45) is 2.75. The minimum absolute atomic E-state index is 0.860. The summed E-state index contributed by atoms with van der Waals surface area (Å²) >= 11 is 0. The molecule has 1 nitrogen and oxygen atoms in total. The number of benzene rings is 1. The van der Waals surface area contributed by atoms with Gasteiger partial charge in [0.15, 0.2) is 0 Å². The minimum atomic E-state index is 0.860. The molecular formula is C11H15N. The van der Waals surface area contributed by atoms with Gasteiger partial charge in [-0.25, -0.2) is 0 Å². The second kappa shape index (κ2) is 3.44. The van der Waals surface area contributed by atoms with Crippen molar-refractivity contribution in [2.24, 2.45) is 0 Å². The van der Waals surface area contributed by atoms with E-state index in [9.17, 15) is 0 Å². The van der Waals surface area contributed by atoms with Gasteiger partial charge >= 0.3 is 0 Å². The van der Waals surface area contributed by atoms with Gasteiger partial charge in [-0.1, -0.05) is 12.1 Å². The molecule has 0 radical (unpaired) electrons. The molecule has 0 bridgehead atoms. The van der Waals surface area contributed by atoms with Crippen LogP contribution in [0.15, 0.2) is 24.8 Å². The smallest absolute Gasteiger partial charge is 0.0352 e. The predicted molar refractivity (Wildman–Crippen MR) is 54.2 cm³/mol. The van der Waals surface area contributed by atoms with Crippen molar-refractivity contribution >= 4 is 5.69 Å². The van der Waals surface area contributed by atoms with Crippen LogP contribution >= 0.6 is 0 Å². The first-order valence-electron chi connectivity index (χ1n) is 4.12. The van der Waals surface area contributed by atoms with E-state index >= 15 is 0 Å². The van der Waals surface area contributed by atoms with Gasteiger partial charge in [0.05, 0.1) is 0 Å². The number of nitrogen functional groups attached to an aromatic ring is 1. The molecular weight excluding hydrogens is 146 g/mol. The number of allylic oxidation sites excluding steroid dienone is 1. The predicted octanol–water partition coefficient (Wildman–Crippen LogP) is 2.61. The molecule has 1 aromatic rings. The Morgan fingerprint density at radius 3 is 2.67 bits per heavy atom. The first kappa shape index (κ1) is 8.85. The van der Waals surface area contributed by atoms with Crippen molar-refractivity contribution in [3.05, 3.63) is 41.5 Å². The molecule has 0 fully saturated rings. The summed E-state index contributed by atoms with van der Waals surface area (Å²) in [7, 11) is 0. The van der Waals surface area contributed by atoms with Crippen molar-refractivity contribution in [1.82, 2.24) is 0 Å². The van der Waals surface area contributed by atoms with Crippen LogP contribution in [0, 0.1) is 13.8 Å². The van der Waals surface area contributed by atoms with Crippen LogP contribution in [0.1, 0.15) is 16.7 Å². The molecule has 64 valence electrons. The van der Waals surface area contributed by atoms with E-state index in [1.54, 1.807) is 0 Å². The maximum absolute atomic E-state index is 5.83. The summed E-state index contributed by atoms with van der Waals surface area (Å²) in [6, 6.07) is 4.01. The summed E-state index contributed by atoms with van der Waals surface area (Å²) in [4.78, 5) is 0. The molecule has 1 aromatic carbocycles. The molecule has 0 aromatic heterocycles. The van der Waals surface area contributed by atoms with Crippen molar-refractivity contribution in [2.45, 2.75) is 20.3 Å². The maximum Gasteiger partial charge on any atom is 0.0352 e. The number of aryl methyl sites for hydroxylation is 1. The topological polar surface area (TPSA) is 26.0 Å².